The molecular weight excluding hydrogens is 356 g/mol. The molecule has 0 spiro atoms. The smallest absolute Gasteiger partial charge is 0.232 e. The molecule has 0 radical (unpaired) electrons. The molecule has 0 aromatic heterocycles. The summed E-state index contributed by atoms with van der Waals surface area (Å²) in [6, 6.07) is 16.7. The first-order valence-electron chi connectivity index (χ1n) is 9.46. The highest BCUT2D eigenvalue weighted by Gasteiger charge is 2.19. The van der Waals surface area contributed by atoms with E-state index in [0.717, 1.165) is 44.1 Å². The van der Waals surface area contributed by atoms with Crippen LogP contribution in [0.4, 0.5) is 5.69 Å². The van der Waals surface area contributed by atoms with Crippen LogP contribution in [-0.4, -0.2) is 49.8 Å². The second-order valence-corrected chi connectivity index (χ2v) is 7.89. The average molecular weight is 385 g/mol. The summed E-state index contributed by atoms with van der Waals surface area (Å²) in [7, 11) is 1.68. The van der Waals surface area contributed by atoms with Gasteiger partial charge in [-0.25, -0.2) is 0 Å². The molecule has 144 valence electrons. The molecule has 0 atom stereocenters. The average Bonchev–Trinajstić information content (AvgIpc) is 2.94. The molecule has 4 nitrogen and oxygen atoms in total. The molecule has 0 saturated carbocycles. The highest BCUT2D eigenvalue weighted by atomic mass is 32.2. The molecule has 1 aliphatic rings. The normalized spacial score (nSPS) is 14.7. The Labute approximate surface area is 166 Å². The van der Waals surface area contributed by atoms with Gasteiger partial charge in [0.05, 0.1) is 12.9 Å². The summed E-state index contributed by atoms with van der Waals surface area (Å²) in [5, 5.41) is 0. The van der Waals surface area contributed by atoms with E-state index in [0.29, 0.717) is 5.75 Å². The second kappa shape index (κ2) is 9.70. The van der Waals surface area contributed by atoms with Crippen molar-refractivity contribution in [3.63, 3.8) is 0 Å². The topological polar surface area (TPSA) is 32.8 Å². The fourth-order valence-electron chi connectivity index (χ4n) is 3.37. The van der Waals surface area contributed by atoms with Gasteiger partial charge in [0.2, 0.25) is 5.91 Å². The molecule has 1 fully saturated rings. The quantitative estimate of drug-likeness (QED) is 0.754. The van der Waals surface area contributed by atoms with E-state index in [1.165, 1.54) is 16.8 Å². The lowest BCUT2D eigenvalue weighted by Gasteiger charge is -2.24. The number of benzene rings is 2. The van der Waals surface area contributed by atoms with Gasteiger partial charge < -0.3 is 14.5 Å². The summed E-state index contributed by atoms with van der Waals surface area (Å²) >= 11 is 1.71. The molecule has 1 aliphatic heterocycles. The molecule has 5 heteroatoms. The third kappa shape index (κ3) is 5.67. The van der Waals surface area contributed by atoms with Crippen LogP contribution in [0.25, 0.3) is 0 Å². The summed E-state index contributed by atoms with van der Waals surface area (Å²) in [5.41, 5.74) is 3.75. The van der Waals surface area contributed by atoms with E-state index in [1.54, 1.807) is 18.9 Å². The van der Waals surface area contributed by atoms with Gasteiger partial charge in [0, 0.05) is 37.6 Å². The third-order valence-corrected chi connectivity index (χ3v) is 5.85. The summed E-state index contributed by atoms with van der Waals surface area (Å²) in [6.07, 6.45) is 1.00. The van der Waals surface area contributed by atoms with Crippen molar-refractivity contribution in [2.24, 2.45) is 0 Å². The van der Waals surface area contributed by atoms with Gasteiger partial charge in [-0.1, -0.05) is 29.8 Å². The lowest BCUT2D eigenvalue weighted by atomic mass is 10.2. The minimum atomic E-state index is 0.254. The van der Waals surface area contributed by atoms with Crippen LogP contribution in [0.15, 0.2) is 48.5 Å². The van der Waals surface area contributed by atoms with Crippen LogP contribution in [0.2, 0.25) is 0 Å². The van der Waals surface area contributed by atoms with Crippen molar-refractivity contribution in [1.29, 1.82) is 0 Å². The number of hydrogen-bond donors (Lipinski definition) is 0. The maximum absolute atomic E-state index is 12.6. The third-order valence-electron chi connectivity index (χ3n) is 4.86. The van der Waals surface area contributed by atoms with Gasteiger partial charge in [-0.15, -0.1) is 11.8 Å². The van der Waals surface area contributed by atoms with Crippen molar-refractivity contribution < 1.29 is 9.53 Å². The molecule has 0 aliphatic carbocycles. The van der Waals surface area contributed by atoms with Crippen LogP contribution >= 0.6 is 11.8 Å². The molecule has 0 N–H and O–H groups in total. The lowest BCUT2D eigenvalue weighted by Crippen LogP contribution is -2.36. The molecule has 1 heterocycles. The van der Waals surface area contributed by atoms with Crippen LogP contribution in [0.3, 0.4) is 0 Å². The first-order valence-corrected chi connectivity index (χ1v) is 10.6. The Morgan fingerprint density at radius 1 is 1.07 bits per heavy atom. The number of carbonyl (C=O) groups excluding carboxylic acids is 1. The molecule has 0 unspecified atom stereocenters. The fourth-order valence-corrected chi connectivity index (χ4v) is 4.24. The fraction of sp³-hybridized carbons (Fsp3) is 0.409. The van der Waals surface area contributed by atoms with Gasteiger partial charge in [0.25, 0.3) is 0 Å². The predicted molar refractivity (Wildman–Crippen MR) is 114 cm³/mol. The van der Waals surface area contributed by atoms with Gasteiger partial charge in [-0.05, 0) is 43.2 Å². The number of nitrogens with zero attached hydrogens (tertiary/aromatic N) is 2. The van der Waals surface area contributed by atoms with Gasteiger partial charge in [0.1, 0.15) is 5.75 Å². The standard InChI is InChI=1S/C22H28N2O2S/c1-18-5-3-6-19(15-18)16-27-17-22(25)24-12-4-11-23(13-14-24)20-7-9-21(26-2)10-8-20/h3,5-10,15H,4,11-14,16-17H2,1-2H3. The van der Waals surface area contributed by atoms with E-state index in [4.69, 9.17) is 4.74 Å². The predicted octanol–water partition coefficient (Wildman–Crippen LogP) is 3.98. The van der Waals surface area contributed by atoms with Crippen LogP contribution in [-0.2, 0) is 10.5 Å². The highest BCUT2D eigenvalue weighted by Crippen LogP contribution is 2.21. The molecule has 1 saturated heterocycles. The van der Waals surface area contributed by atoms with E-state index in [2.05, 4.69) is 48.2 Å². The van der Waals surface area contributed by atoms with Crippen molar-refractivity contribution in [3.8, 4) is 5.75 Å². The number of hydrogen-bond acceptors (Lipinski definition) is 4. The van der Waals surface area contributed by atoms with E-state index >= 15 is 0 Å². The Bertz CT molecular complexity index is 748. The SMILES string of the molecule is COc1ccc(N2CCCN(C(=O)CSCc3cccc(C)c3)CC2)cc1. The van der Waals surface area contributed by atoms with Crippen molar-refractivity contribution >= 4 is 23.4 Å². The number of aryl methyl sites for hydroxylation is 1. The summed E-state index contributed by atoms with van der Waals surface area (Å²) in [6.45, 7) is 5.59. The minimum Gasteiger partial charge on any atom is -0.497 e. The zero-order valence-electron chi connectivity index (χ0n) is 16.2. The maximum Gasteiger partial charge on any atom is 0.232 e. The van der Waals surface area contributed by atoms with Crippen molar-refractivity contribution in [2.75, 3.05) is 43.9 Å². The number of carbonyl (C=O) groups is 1. The van der Waals surface area contributed by atoms with Crippen molar-refractivity contribution in [3.05, 3.63) is 59.7 Å². The minimum absolute atomic E-state index is 0.254. The summed E-state index contributed by atoms with van der Waals surface area (Å²) < 4.78 is 5.23. The molecule has 0 bridgehead atoms. The Kier molecular flexibility index (Phi) is 7.04. The Hall–Kier alpha value is -2.14. The molecular formula is C22H28N2O2S. The summed E-state index contributed by atoms with van der Waals surface area (Å²) in [5.74, 6) is 2.57. The second-order valence-electron chi connectivity index (χ2n) is 6.90. The van der Waals surface area contributed by atoms with Gasteiger partial charge in [0.15, 0.2) is 0 Å². The number of rotatable bonds is 6. The van der Waals surface area contributed by atoms with E-state index in [1.807, 2.05) is 17.0 Å². The Balaban J connectivity index is 1.47. The van der Waals surface area contributed by atoms with E-state index in [9.17, 15) is 4.79 Å². The van der Waals surface area contributed by atoms with Gasteiger partial charge in [-0.3, -0.25) is 4.79 Å². The lowest BCUT2D eigenvalue weighted by molar-refractivity contribution is -0.128. The van der Waals surface area contributed by atoms with Crippen LogP contribution in [0.1, 0.15) is 17.5 Å². The molecule has 2 aromatic carbocycles. The number of anilines is 1. The molecule has 1 amide bonds. The van der Waals surface area contributed by atoms with Crippen LogP contribution in [0.5, 0.6) is 5.75 Å². The Morgan fingerprint density at radius 3 is 2.63 bits per heavy atom. The number of methoxy groups -OCH3 is 1. The molecule has 3 rings (SSSR count). The molecule has 27 heavy (non-hydrogen) atoms. The Morgan fingerprint density at radius 2 is 1.89 bits per heavy atom. The van der Waals surface area contributed by atoms with Crippen LogP contribution < -0.4 is 9.64 Å². The maximum atomic E-state index is 12.6. The largest absolute Gasteiger partial charge is 0.497 e. The van der Waals surface area contributed by atoms with Crippen molar-refractivity contribution in [2.45, 2.75) is 19.1 Å². The first kappa shape index (κ1) is 19.6. The monoisotopic (exact) mass is 384 g/mol. The van der Waals surface area contributed by atoms with Gasteiger partial charge in [-0.2, -0.15) is 0 Å². The highest BCUT2D eigenvalue weighted by molar-refractivity contribution is 7.99. The van der Waals surface area contributed by atoms with E-state index < -0.39 is 0 Å². The van der Waals surface area contributed by atoms with E-state index in [-0.39, 0.29) is 5.91 Å². The zero-order chi connectivity index (χ0) is 19.1. The number of amides is 1. The van der Waals surface area contributed by atoms with Crippen LogP contribution in [0, 0.1) is 6.92 Å². The van der Waals surface area contributed by atoms with Gasteiger partial charge >= 0.3 is 0 Å². The number of ether oxygens (including phenoxy) is 1. The molecule has 2 aromatic rings. The van der Waals surface area contributed by atoms with Crippen molar-refractivity contribution in [1.82, 2.24) is 4.90 Å². The number of thioether (sulfide) groups is 1. The summed E-state index contributed by atoms with van der Waals surface area (Å²) in [4.78, 5) is 17.0. The zero-order valence-corrected chi connectivity index (χ0v) is 17.0. The first-order chi connectivity index (χ1) is 13.2.